The Balaban J connectivity index is 1.25. The maximum atomic E-state index is 14.1. The molecular formula is C37H34BNO7. The van der Waals surface area contributed by atoms with Crippen LogP contribution in [0.25, 0.3) is 11.6 Å². The Morgan fingerprint density at radius 2 is 1.70 bits per heavy atom. The van der Waals surface area contributed by atoms with Gasteiger partial charge in [0.25, 0.3) is 0 Å². The number of Topliss-reactive ketones (excluding diaryl/α,β-unsaturated/α-hetero) is 2. The fourth-order valence-electron chi connectivity index (χ4n) is 7.33. The molecule has 232 valence electrons. The van der Waals surface area contributed by atoms with Gasteiger partial charge in [-0.2, -0.15) is 0 Å². The van der Waals surface area contributed by atoms with E-state index in [1.165, 1.54) is 0 Å². The maximum Gasteiger partial charge on any atom is 0.455 e. The summed E-state index contributed by atoms with van der Waals surface area (Å²) < 4.78 is 18.3. The predicted octanol–water partition coefficient (Wildman–Crippen LogP) is 6.07. The molecule has 3 aliphatic rings. The first kappa shape index (κ1) is 30.1. The summed E-state index contributed by atoms with van der Waals surface area (Å²) in [6, 6.07) is 25.8. The summed E-state index contributed by atoms with van der Waals surface area (Å²) in [5.74, 6) is 0.205. The molecule has 3 heterocycles. The first-order valence-corrected chi connectivity index (χ1v) is 15.7. The Kier molecular flexibility index (Phi) is 8.54. The molecule has 8 nitrogen and oxygen atoms in total. The molecule has 4 aromatic rings. The SMILES string of the molecule is O=C1c2ccccc2C(=O)[C@@H]2CC(COc3ccccc3)=C3[C@@H](CC/C(=C/c4ccc(CO)o4)c4ccccn4)OB(O)C[C@@H]3[C@H]12. The molecule has 4 atom stereocenters. The molecule has 1 fully saturated rings. The van der Waals surface area contributed by atoms with E-state index >= 15 is 0 Å². The van der Waals surface area contributed by atoms with Crippen LogP contribution in [0.4, 0.5) is 0 Å². The smallest absolute Gasteiger partial charge is 0.455 e. The van der Waals surface area contributed by atoms with Gasteiger partial charge in [-0.05, 0) is 90.7 Å². The Bertz CT molecular complexity index is 1800. The van der Waals surface area contributed by atoms with Crippen molar-refractivity contribution in [3.63, 3.8) is 0 Å². The van der Waals surface area contributed by atoms with Crippen LogP contribution >= 0.6 is 0 Å². The largest absolute Gasteiger partial charge is 0.489 e. The van der Waals surface area contributed by atoms with Gasteiger partial charge in [0.15, 0.2) is 11.6 Å². The molecule has 0 spiro atoms. The van der Waals surface area contributed by atoms with E-state index in [1.807, 2.05) is 54.6 Å². The van der Waals surface area contributed by atoms with Gasteiger partial charge in [0.2, 0.25) is 0 Å². The average Bonchev–Trinajstić information content (AvgIpc) is 3.56. The van der Waals surface area contributed by atoms with Gasteiger partial charge < -0.3 is 23.9 Å². The number of rotatable bonds is 9. The zero-order valence-electron chi connectivity index (χ0n) is 25.2. The van der Waals surface area contributed by atoms with E-state index in [-0.39, 0.29) is 37.0 Å². The first-order valence-electron chi connectivity index (χ1n) is 15.7. The van der Waals surface area contributed by atoms with Crippen LogP contribution in [0, 0.1) is 17.8 Å². The Morgan fingerprint density at radius 1 is 0.935 bits per heavy atom. The van der Waals surface area contributed by atoms with Gasteiger partial charge in [0, 0.05) is 29.2 Å². The van der Waals surface area contributed by atoms with E-state index in [2.05, 4.69) is 4.98 Å². The van der Waals surface area contributed by atoms with E-state index in [1.54, 1.807) is 42.6 Å². The average molecular weight is 615 g/mol. The molecule has 2 aromatic carbocycles. The van der Waals surface area contributed by atoms with Crippen molar-refractivity contribution in [3.05, 3.63) is 131 Å². The van der Waals surface area contributed by atoms with Crippen molar-refractivity contribution in [1.29, 1.82) is 0 Å². The van der Waals surface area contributed by atoms with E-state index in [0.29, 0.717) is 47.7 Å². The van der Waals surface area contributed by atoms with E-state index in [0.717, 1.165) is 22.4 Å². The number of pyridine rings is 1. The Labute approximate surface area is 267 Å². The second kappa shape index (κ2) is 13.0. The molecule has 1 saturated heterocycles. The Morgan fingerprint density at radius 3 is 2.43 bits per heavy atom. The molecule has 1 aliphatic heterocycles. The third-order valence-corrected chi connectivity index (χ3v) is 9.34. The lowest BCUT2D eigenvalue weighted by Crippen LogP contribution is -2.51. The number of aliphatic hydroxyl groups excluding tert-OH is 1. The molecule has 0 radical (unpaired) electrons. The highest BCUT2D eigenvalue weighted by molar-refractivity contribution is 6.43. The minimum atomic E-state index is -1.09. The molecule has 0 amide bonds. The maximum absolute atomic E-state index is 14.1. The number of carbonyl (C=O) groups is 2. The normalized spacial score (nSPS) is 22.7. The molecule has 2 N–H and O–H groups in total. The summed E-state index contributed by atoms with van der Waals surface area (Å²) in [7, 11) is -1.09. The summed E-state index contributed by atoms with van der Waals surface area (Å²) in [5.41, 5.74) is 4.48. The molecule has 9 heteroatoms. The molecule has 0 bridgehead atoms. The summed E-state index contributed by atoms with van der Waals surface area (Å²) in [6.07, 6.45) is 4.75. The number of fused-ring (bicyclic) bond motifs is 4. The van der Waals surface area contributed by atoms with E-state index < -0.39 is 25.1 Å². The lowest BCUT2D eigenvalue weighted by molar-refractivity contribution is 0.0593. The number of para-hydroxylation sites is 1. The fraction of sp³-hybridized carbons (Fsp3) is 0.270. The molecule has 2 aliphatic carbocycles. The lowest BCUT2D eigenvalue weighted by Gasteiger charge is -2.47. The molecular weight excluding hydrogens is 581 g/mol. The summed E-state index contributed by atoms with van der Waals surface area (Å²) in [5, 5.41) is 20.6. The molecule has 46 heavy (non-hydrogen) atoms. The second-order valence-corrected chi connectivity index (χ2v) is 12.1. The predicted molar refractivity (Wildman–Crippen MR) is 173 cm³/mol. The van der Waals surface area contributed by atoms with Crippen molar-refractivity contribution < 1.29 is 33.5 Å². The van der Waals surface area contributed by atoms with Gasteiger partial charge in [-0.1, -0.05) is 48.5 Å². The van der Waals surface area contributed by atoms with Gasteiger partial charge in [0.1, 0.15) is 30.5 Å². The van der Waals surface area contributed by atoms with Crippen LogP contribution in [0.2, 0.25) is 6.32 Å². The van der Waals surface area contributed by atoms with Crippen LogP contribution in [0.3, 0.4) is 0 Å². The topological polar surface area (TPSA) is 119 Å². The summed E-state index contributed by atoms with van der Waals surface area (Å²) in [4.78, 5) is 32.5. The number of hydrogen-bond acceptors (Lipinski definition) is 8. The van der Waals surface area contributed by atoms with E-state index in [9.17, 15) is 19.7 Å². The van der Waals surface area contributed by atoms with Crippen molar-refractivity contribution in [2.75, 3.05) is 6.61 Å². The summed E-state index contributed by atoms with van der Waals surface area (Å²) in [6.45, 7) is 0.0508. The molecule has 0 unspecified atom stereocenters. The molecule has 7 rings (SSSR count). The molecule has 2 aromatic heterocycles. The second-order valence-electron chi connectivity index (χ2n) is 12.1. The number of furan rings is 1. The third kappa shape index (κ3) is 5.89. The number of aliphatic hydroxyl groups is 1. The highest BCUT2D eigenvalue weighted by atomic mass is 16.5. The van der Waals surface area contributed by atoms with Crippen molar-refractivity contribution >= 4 is 30.3 Å². The van der Waals surface area contributed by atoms with Crippen molar-refractivity contribution in [2.24, 2.45) is 17.8 Å². The minimum absolute atomic E-state index is 0.0324. The monoisotopic (exact) mass is 615 g/mol. The Hall–Kier alpha value is -4.57. The first-order chi connectivity index (χ1) is 22.5. The third-order valence-electron chi connectivity index (χ3n) is 9.34. The van der Waals surface area contributed by atoms with Crippen LogP contribution in [-0.4, -0.2) is 46.5 Å². The fourth-order valence-corrected chi connectivity index (χ4v) is 7.33. The number of nitrogens with zero attached hydrogens (tertiary/aromatic N) is 1. The number of ether oxygens (including phenoxy) is 1. The van der Waals surface area contributed by atoms with Crippen LogP contribution in [-0.2, 0) is 11.3 Å². The molecule has 0 saturated carbocycles. The van der Waals surface area contributed by atoms with Gasteiger partial charge in [0.05, 0.1) is 11.8 Å². The number of allylic oxidation sites excluding steroid dienone is 1. The van der Waals surface area contributed by atoms with Crippen molar-refractivity contribution in [3.8, 4) is 5.75 Å². The van der Waals surface area contributed by atoms with Crippen LogP contribution in [0.5, 0.6) is 5.75 Å². The highest BCUT2D eigenvalue weighted by Crippen LogP contribution is 2.51. The summed E-state index contributed by atoms with van der Waals surface area (Å²) >= 11 is 0. The standard InChI is InChI=1S/C37H34BNO7/c40-21-27-15-14-26(45-27)18-23(32-12-6-7-17-39-32)13-16-33-34-24(22-44-25-8-2-1-3-9-25)19-30-35(31(34)20-38(43)46-33)37(42)29-11-5-4-10-28(29)36(30)41/h1-12,14-15,17-18,30-31,33,35,40,43H,13,16,19-22H2/b23-18-/t30-,31+,33-,35-/m1/s1. The zero-order chi connectivity index (χ0) is 31.6. The van der Waals surface area contributed by atoms with E-state index in [4.69, 9.17) is 13.8 Å². The van der Waals surface area contributed by atoms with Crippen LogP contribution < -0.4 is 4.74 Å². The number of hydrogen-bond donors (Lipinski definition) is 2. The van der Waals surface area contributed by atoms with Gasteiger partial charge >= 0.3 is 7.12 Å². The number of carbonyl (C=O) groups excluding carboxylic acids is 2. The lowest BCUT2D eigenvalue weighted by atomic mass is 9.54. The number of benzene rings is 2. The van der Waals surface area contributed by atoms with Crippen molar-refractivity contribution in [2.45, 2.75) is 38.3 Å². The van der Waals surface area contributed by atoms with Crippen LogP contribution in [0.1, 0.15) is 57.2 Å². The van der Waals surface area contributed by atoms with Gasteiger partial charge in [-0.3, -0.25) is 14.6 Å². The quantitative estimate of drug-likeness (QED) is 0.172. The number of aromatic nitrogens is 1. The van der Waals surface area contributed by atoms with Crippen molar-refractivity contribution in [1.82, 2.24) is 4.98 Å². The number of ketones is 2. The van der Waals surface area contributed by atoms with Crippen LogP contribution in [0.15, 0.2) is 107 Å². The minimum Gasteiger partial charge on any atom is -0.489 e. The zero-order valence-corrected chi connectivity index (χ0v) is 25.2. The van der Waals surface area contributed by atoms with Gasteiger partial charge in [-0.15, -0.1) is 0 Å². The van der Waals surface area contributed by atoms with Gasteiger partial charge in [-0.25, -0.2) is 0 Å². The highest BCUT2D eigenvalue weighted by Gasteiger charge is 2.53.